The number of methoxy groups -OCH3 is 3. The molecule has 0 aromatic heterocycles. The van der Waals surface area contributed by atoms with Gasteiger partial charge in [-0.2, -0.15) is 0 Å². The number of carbonyl (C=O) groups is 2. The Bertz CT molecular complexity index is 1290. The van der Waals surface area contributed by atoms with Gasteiger partial charge in [0, 0.05) is 21.7 Å². The molecule has 0 radical (unpaired) electrons. The van der Waals surface area contributed by atoms with Gasteiger partial charge in [0.2, 0.25) is 11.5 Å². The molecule has 0 amide bonds. The summed E-state index contributed by atoms with van der Waals surface area (Å²) in [5.41, 5.74) is 0.971. The van der Waals surface area contributed by atoms with Crippen LogP contribution in [0, 0.1) is 0 Å². The third-order valence-electron chi connectivity index (χ3n) is 5.03. The Hall–Kier alpha value is -3.68. The number of rotatable bonds is 6. The molecule has 7 nitrogen and oxygen atoms in total. The summed E-state index contributed by atoms with van der Waals surface area (Å²) in [4.78, 5) is 25.5. The highest BCUT2D eigenvalue weighted by Gasteiger charge is 2.29. The van der Waals surface area contributed by atoms with E-state index in [1.165, 1.54) is 57.7 Å². The number of fused-ring (bicyclic) bond motifs is 1. The predicted molar refractivity (Wildman–Crippen MR) is 127 cm³/mol. The maximum Gasteiger partial charge on any atom is 0.343 e. The molecule has 0 N–H and O–H groups in total. The van der Waals surface area contributed by atoms with Gasteiger partial charge in [0.1, 0.15) is 11.5 Å². The molecule has 9 heteroatoms. The van der Waals surface area contributed by atoms with Gasteiger partial charge in [-0.15, -0.1) is 0 Å². The minimum atomic E-state index is -0.665. The first-order valence-corrected chi connectivity index (χ1v) is 10.7. The average molecular weight is 501 g/mol. The summed E-state index contributed by atoms with van der Waals surface area (Å²) in [5, 5.41) is 0.764. The summed E-state index contributed by atoms with van der Waals surface area (Å²) in [5.74, 6) is 0.448. The first kappa shape index (κ1) is 23.5. The zero-order chi connectivity index (χ0) is 24.4. The van der Waals surface area contributed by atoms with E-state index in [2.05, 4.69) is 0 Å². The number of esters is 1. The van der Waals surface area contributed by atoms with Crippen molar-refractivity contribution in [1.29, 1.82) is 0 Å². The Morgan fingerprint density at radius 1 is 0.912 bits per heavy atom. The van der Waals surface area contributed by atoms with Gasteiger partial charge >= 0.3 is 5.97 Å². The van der Waals surface area contributed by atoms with Crippen LogP contribution in [-0.4, -0.2) is 33.1 Å². The van der Waals surface area contributed by atoms with Gasteiger partial charge in [0.05, 0.1) is 32.5 Å². The minimum absolute atomic E-state index is 0.0538. The van der Waals surface area contributed by atoms with E-state index < -0.39 is 5.97 Å². The SMILES string of the molecule is COc1cc(C(=O)Oc2ccc3c(c2)OC(=Cc2c(Cl)cccc2Cl)C3=O)cc(OC)c1OC. The fourth-order valence-corrected chi connectivity index (χ4v) is 3.88. The summed E-state index contributed by atoms with van der Waals surface area (Å²) in [6.07, 6.45) is 1.48. The van der Waals surface area contributed by atoms with Gasteiger partial charge in [-0.05, 0) is 42.5 Å². The Morgan fingerprint density at radius 2 is 1.56 bits per heavy atom. The fourth-order valence-electron chi connectivity index (χ4n) is 3.38. The van der Waals surface area contributed by atoms with Crippen LogP contribution in [0.2, 0.25) is 10.0 Å². The van der Waals surface area contributed by atoms with E-state index in [0.29, 0.717) is 38.4 Å². The highest BCUT2D eigenvalue weighted by Crippen LogP contribution is 2.39. The van der Waals surface area contributed by atoms with Gasteiger partial charge in [-0.25, -0.2) is 4.79 Å². The number of hydrogen-bond donors (Lipinski definition) is 0. The number of Topliss-reactive ketones (excluding diaryl/α,β-unsaturated/α-hetero) is 1. The van der Waals surface area contributed by atoms with E-state index in [1.807, 2.05) is 0 Å². The Balaban J connectivity index is 1.59. The molecular weight excluding hydrogens is 483 g/mol. The maximum atomic E-state index is 12.8. The largest absolute Gasteiger partial charge is 0.493 e. The third-order valence-corrected chi connectivity index (χ3v) is 5.69. The molecule has 0 fully saturated rings. The van der Waals surface area contributed by atoms with Crippen molar-refractivity contribution < 1.29 is 33.3 Å². The summed E-state index contributed by atoms with van der Waals surface area (Å²) >= 11 is 12.4. The quantitative estimate of drug-likeness (QED) is 0.238. The van der Waals surface area contributed by atoms with Crippen molar-refractivity contribution in [2.75, 3.05) is 21.3 Å². The highest BCUT2D eigenvalue weighted by atomic mass is 35.5. The lowest BCUT2D eigenvalue weighted by Crippen LogP contribution is -2.09. The fraction of sp³-hybridized carbons (Fsp3) is 0.120. The predicted octanol–water partition coefficient (Wildman–Crippen LogP) is 5.85. The summed E-state index contributed by atoms with van der Waals surface area (Å²) < 4.78 is 27.0. The van der Waals surface area contributed by atoms with Crippen molar-refractivity contribution in [3.63, 3.8) is 0 Å². The van der Waals surface area contributed by atoms with Crippen LogP contribution in [-0.2, 0) is 0 Å². The van der Waals surface area contributed by atoms with E-state index in [0.717, 1.165) is 0 Å². The number of allylic oxidation sites excluding steroid dienone is 1. The summed E-state index contributed by atoms with van der Waals surface area (Å²) in [6.45, 7) is 0. The van der Waals surface area contributed by atoms with Gasteiger partial charge in [0.25, 0.3) is 0 Å². The van der Waals surface area contributed by atoms with Crippen LogP contribution in [0.5, 0.6) is 28.7 Å². The normalized spacial score (nSPS) is 13.3. The van der Waals surface area contributed by atoms with Crippen molar-refractivity contribution in [2.45, 2.75) is 0 Å². The van der Waals surface area contributed by atoms with E-state index in [4.69, 9.17) is 46.9 Å². The van der Waals surface area contributed by atoms with Crippen LogP contribution in [0.15, 0.2) is 54.3 Å². The molecule has 1 aliphatic heterocycles. The average Bonchev–Trinajstić information content (AvgIpc) is 3.14. The molecule has 34 heavy (non-hydrogen) atoms. The van der Waals surface area contributed by atoms with Crippen molar-refractivity contribution in [2.24, 2.45) is 0 Å². The second-order valence-corrected chi connectivity index (χ2v) is 7.85. The molecule has 0 saturated heterocycles. The number of ether oxygens (including phenoxy) is 5. The van der Waals surface area contributed by atoms with Crippen molar-refractivity contribution >= 4 is 41.0 Å². The minimum Gasteiger partial charge on any atom is -0.493 e. The monoisotopic (exact) mass is 500 g/mol. The third kappa shape index (κ3) is 4.40. The van der Waals surface area contributed by atoms with E-state index >= 15 is 0 Å². The van der Waals surface area contributed by atoms with Crippen LogP contribution < -0.4 is 23.7 Å². The highest BCUT2D eigenvalue weighted by molar-refractivity contribution is 6.37. The van der Waals surface area contributed by atoms with Crippen molar-refractivity contribution in [3.8, 4) is 28.7 Å². The Labute approximate surface area is 205 Å². The van der Waals surface area contributed by atoms with Crippen LogP contribution in [0.1, 0.15) is 26.3 Å². The Morgan fingerprint density at radius 3 is 2.15 bits per heavy atom. The van der Waals surface area contributed by atoms with Gasteiger partial charge < -0.3 is 23.7 Å². The van der Waals surface area contributed by atoms with Gasteiger partial charge in [-0.3, -0.25) is 4.79 Å². The molecule has 4 rings (SSSR count). The summed E-state index contributed by atoms with van der Waals surface area (Å²) in [7, 11) is 4.36. The number of ketones is 1. The second kappa shape index (κ2) is 9.67. The first-order valence-electron chi connectivity index (χ1n) is 9.90. The zero-order valence-electron chi connectivity index (χ0n) is 18.3. The molecule has 174 valence electrons. The second-order valence-electron chi connectivity index (χ2n) is 7.04. The standard InChI is InChI=1S/C25H18Cl2O7/c1-30-21-9-13(10-22(31-2)24(21)32-3)25(29)33-14-7-8-15-19(11-14)34-20(23(15)28)12-16-17(26)5-4-6-18(16)27/h4-12H,1-3H3. The molecule has 0 bridgehead atoms. The smallest absolute Gasteiger partial charge is 0.343 e. The lowest BCUT2D eigenvalue weighted by atomic mass is 10.1. The number of halogens is 2. The molecule has 3 aromatic rings. The molecule has 0 unspecified atom stereocenters. The molecule has 1 heterocycles. The van der Waals surface area contributed by atoms with Gasteiger partial charge in [0.15, 0.2) is 17.3 Å². The first-order chi connectivity index (χ1) is 16.4. The van der Waals surface area contributed by atoms with E-state index in [1.54, 1.807) is 18.2 Å². The molecular formula is C25H18Cl2O7. The number of benzene rings is 3. The van der Waals surface area contributed by atoms with E-state index in [9.17, 15) is 9.59 Å². The molecule has 1 aliphatic rings. The molecule has 0 aliphatic carbocycles. The Kier molecular flexibility index (Phi) is 6.68. The lowest BCUT2D eigenvalue weighted by Gasteiger charge is -2.13. The molecule has 0 spiro atoms. The topological polar surface area (TPSA) is 80.3 Å². The van der Waals surface area contributed by atoms with Gasteiger partial charge in [-0.1, -0.05) is 29.3 Å². The molecule has 0 saturated carbocycles. The van der Waals surface area contributed by atoms with Crippen molar-refractivity contribution in [3.05, 3.63) is 81.0 Å². The van der Waals surface area contributed by atoms with Crippen LogP contribution in [0.4, 0.5) is 0 Å². The molecule has 3 aromatic carbocycles. The van der Waals surface area contributed by atoms with Crippen LogP contribution in [0.3, 0.4) is 0 Å². The van der Waals surface area contributed by atoms with E-state index in [-0.39, 0.29) is 28.6 Å². The number of carbonyl (C=O) groups excluding carboxylic acids is 2. The number of hydrogen-bond acceptors (Lipinski definition) is 7. The van der Waals surface area contributed by atoms with Crippen molar-refractivity contribution in [1.82, 2.24) is 0 Å². The van der Waals surface area contributed by atoms with Crippen LogP contribution >= 0.6 is 23.2 Å². The maximum absolute atomic E-state index is 12.8. The molecule has 0 atom stereocenters. The summed E-state index contributed by atoms with van der Waals surface area (Å²) in [6, 6.07) is 12.5. The zero-order valence-corrected chi connectivity index (χ0v) is 19.8. The lowest BCUT2D eigenvalue weighted by molar-refractivity contribution is 0.0733. The van der Waals surface area contributed by atoms with Crippen LogP contribution in [0.25, 0.3) is 6.08 Å².